The Hall–Kier alpha value is -3.12. The standard InChI is InChI=1S/C20H20ClN3O3/c21-17-9-5-4-8-16(17)10-11-19(26)23-24-20(27)13-12-18(25)22-14-15-6-2-1-3-7-15/h1-11H,12-14H2,(H,22,25)(H,23,26)(H,24,27). The summed E-state index contributed by atoms with van der Waals surface area (Å²) >= 11 is 5.98. The summed E-state index contributed by atoms with van der Waals surface area (Å²) in [5, 5.41) is 3.25. The van der Waals surface area contributed by atoms with Crippen molar-refractivity contribution >= 4 is 35.4 Å². The predicted octanol–water partition coefficient (Wildman–Crippen LogP) is 2.60. The fourth-order valence-electron chi connectivity index (χ4n) is 2.12. The van der Waals surface area contributed by atoms with Crippen molar-refractivity contribution in [3.05, 3.63) is 76.8 Å². The van der Waals surface area contributed by atoms with Crippen molar-refractivity contribution < 1.29 is 14.4 Å². The summed E-state index contributed by atoms with van der Waals surface area (Å²) in [6.07, 6.45) is 2.80. The van der Waals surface area contributed by atoms with Crippen LogP contribution in [0.2, 0.25) is 5.02 Å². The number of hydrogen-bond acceptors (Lipinski definition) is 3. The molecule has 0 bridgehead atoms. The molecule has 140 valence electrons. The van der Waals surface area contributed by atoms with Crippen LogP contribution in [-0.4, -0.2) is 17.7 Å². The SMILES string of the molecule is O=C(C=Cc1ccccc1Cl)NNC(=O)CCC(=O)NCc1ccccc1. The zero-order valence-corrected chi connectivity index (χ0v) is 15.3. The fraction of sp³-hybridized carbons (Fsp3) is 0.150. The van der Waals surface area contributed by atoms with Gasteiger partial charge in [0.1, 0.15) is 0 Å². The van der Waals surface area contributed by atoms with Gasteiger partial charge in [0, 0.05) is 30.5 Å². The molecule has 27 heavy (non-hydrogen) atoms. The third-order valence-electron chi connectivity index (χ3n) is 3.56. The second-order valence-corrected chi connectivity index (χ2v) is 6.06. The first-order chi connectivity index (χ1) is 13.0. The second-order valence-electron chi connectivity index (χ2n) is 5.65. The Balaban J connectivity index is 1.64. The highest BCUT2D eigenvalue weighted by Crippen LogP contribution is 2.15. The summed E-state index contributed by atoms with van der Waals surface area (Å²) in [6.45, 7) is 0.408. The van der Waals surface area contributed by atoms with Gasteiger partial charge >= 0.3 is 0 Å². The van der Waals surface area contributed by atoms with E-state index in [0.717, 1.165) is 5.56 Å². The van der Waals surface area contributed by atoms with Crippen LogP contribution in [0.3, 0.4) is 0 Å². The van der Waals surface area contributed by atoms with Gasteiger partial charge in [0.15, 0.2) is 0 Å². The molecule has 2 rings (SSSR count). The molecule has 0 radical (unpaired) electrons. The Bertz CT molecular complexity index is 822. The highest BCUT2D eigenvalue weighted by atomic mass is 35.5. The van der Waals surface area contributed by atoms with Gasteiger partial charge in [-0.3, -0.25) is 25.2 Å². The van der Waals surface area contributed by atoms with Gasteiger partial charge < -0.3 is 5.32 Å². The molecule has 0 saturated carbocycles. The molecule has 0 aliphatic carbocycles. The number of rotatable bonds is 7. The molecule has 3 N–H and O–H groups in total. The maximum absolute atomic E-state index is 11.7. The van der Waals surface area contributed by atoms with Crippen LogP contribution in [0.1, 0.15) is 24.0 Å². The summed E-state index contributed by atoms with van der Waals surface area (Å²) in [5.41, 5.74) is 6.18. The molecule has 0 aliphatic rings. The van der Waals surface area contributed by atoms with Gasteiger partial charge in [0.25, 0.3) is 5.91 Å². The van der Waals surface area contributed by atoms with Crippen molar-refractivity contribution in [1.29, 1.82) is 0 Å². The zero-order valence-electron chi connectivity index (χ0n) is 14.6. The molecule has 0 aliphatic heterocycles. The van der Waals surface area contributed by atoms with Crippen LogP contribution in [-0.2, 0) is 20.9 Å². The first-order valence-electron chi connectivity index (χ1n) is 8.36. The van der Waals surface area contributed by atoms with E-state index in [2.05, 4.69) is 16.2 Å². The monoisotopic (exact) mass is 385 g/mol. The van der Waals surface area contributed by atoms with E-state index in [1.165, 1.54) is 6.08 Å². The molecule has 6 nitrogen and oxygen atoms in total. The lowest BCUT2D eigenvalue weighted by molar-refractivity contribution is -0.129. The van der Waals surface area contributed by atoms with Crippen LogP contribution in [0.25, 0.3) is 6.08 Å². The van der Waals surface area contributed by atoms with Crippen LogP contribution in [0.4, 0.5) is 0 Å². The molecular formula is C20H20ClN3O3. The van der Waals surface area contributed by atoms with Crippen molar-refractivity contribution in [2.75, 3.05) is 0 Å². The molecule has 7 heteroatoms. The minimum absolute atomic E-state index is 0.0317. The topological polar surface area (TPSA) is 87.3 Å². The van der Waals surface area contributed by atoms with Crippen molar-refractivity contribution in [2.24, 2.45) is 0 Å². The molecule has 0 spiro atoms. The largest absolute Gasteiger partial charge is 0.352 e. The maximum atomic E-state index is 11.7. The Kier molecular flexibility index (Phi) is 8.06. The predicted molar refractivity (Wildman–Crippen MR) is 104 cm³/mol. The summed E-state index contributed by atoms with van der Waals surface area (Å²) in [4.78, 5) is 35.1. The lowest BCUT2D eigenvalue weighted by atomic mass is 10.2. The van der Waals surface area contributed by atoms with Gasteiger partial charge in [0.2, 0.25) is 11.8 Å². The molecule has 2 aromatic carbocycles. The average molecular weight is 386 g/mol. The van der Waals surface area contributed by atoms with Crippen LogP contribution >= 0.6 is 11.6 Å². The normalized spacial score (nSPS) is 10.4. The molecule has 0 fully saturated rings. The summed E-state index contributed by atoms with van der Waals surface area (Å²) < 4.78 is 0. The van der Waals surface area contributed by atoms with Crippen molar-refractivity contribution in [2.45, 2.75) is 19.4 Å². The van der Waals surface area contributed by atoms with Crippen molar-refractivity contribution in [3.63, 3.8) is 0 Å². The number of carbonyl (C=O) groups excluding carboxylic acids is 3. The number of hydrogen-bond donors (Lipinski definition) is 3. The van der Waals surface area contributed by atoms with E-state index < -0.39 is 11.8 Å². The number of hydrazine groups is 1. The van der Waals surface area contributed by atoms with E-state index in [1.54, 1.807) is 30.3 Å². The van der Waals surface area contributed by atoms with Gasteiger partial charge in [-0.2, -0.15) is 0 Å². The Morgan fingerprint density at radius 1 is 0.852 bits per heavy atom. The molecule has 0 atom stereocenters. The number of amides is 3. The molecule has 0 aromatic heterocycles. The lowest BCUT2D eigenvalue weighted by Gasteiger charge is -2.07. The third kappa shape index (κ3) is 7.75. The summed E-state index contributed by atoms with van der Waals surface area (Å²) in [5.74, 6) is -1.19. The van der Waals surface area contributed by atoms with Crippen LogP contribution < -0.4 is 16.2 Å². The van der Waals surface area contributed by atoms with Gasteiger partial charge in [-0.15, -0.1) is 0 Å². The molecule has 3 amide bonds. The van der Waals surface area contributed by atoms with Gasteiger partial charge in [-0.05, 0) is 23.3 Å². The van der Waals surface area contributed by atoms with Crippen LogP contribution in [0.5, 0.6) is 0 Å². The van der Waals surface area contributed by atoms with Gasteiger partial charge in [-0.1, -0.05) is 60.1 Å². The van der Waals surface area contributed by atoms with Gasteiger partial charge in [0.05, 0.1) is 0 Å². The average Bonchev–Trinajstić information content (AvgIpc) is 2.69. The van der Waals surface area contributed by atoms with E-state index >= 15 is 0 Å². The number of halogens is 1. The minimum atomic E-state index is -0.503. The smallest absolute Gasteiger partial charge is 0.262 e. The first kappa shape index (κ1) is 20.2. The maximum Gasteiger partial charge on any atom is 0.262 e. The first-order valence-corrected chi connectivity index (χ1v) is 8.74. The quantitative estimate of drug-likeness (QED) is 0.505. The minimum Gasteiger partial charge on any atom is -0.352 e. The number of nitrogens with one attached hydrogen (secondary N) is 3. The highest BCUT2D eigenvalue weighted by molar-refractivity contribution is 6.32. The second kappa shape index (κ2) is 10.8. The van der Waals surface area contributed by atoms with Crippen molar-refractivity contribution in [1.82, 2.24) is 16.2 Å². The molecular weight excluding hydrogens is 366 g/mol. The van der Waals surface area contributed by atoms with Crippen LogP contribution in [0.15, 0.2) is 60.7 Å². The molecule has 2 aromatic rings. The van der Waals surface area contributed by atoms with E-state index in [4.69, 9.17) is 11.6 Å². The van der Waals surface area contributed by atoms with E-state index in [9.17, 15) is 14.4 Å². The number of benzene rings is 2. The van der Waals surface area contributed by atoms with E-state index in [1.807, 2.05) is 30.3 Å². The molecule has 0 saturated heterocycles. The summed E-state index contributed by atoms with van der Waals surface area (Å²) in [7, 11) is 0. The third-order valence-corrected chi connectivity index (χ3v) is 3.90. The fourth-order valence-corrected chi connectivity index (χ4v) is 2.32. The lowest BCUT2D eigenvalue weighted by Crippen LogP contribution is -2.41. The van der Waals surface area contributed by atoms with E-state index in [-0.39, 0.29) is 18.7 Å². The van der Waals surface area contributed by atoms with Crippen LogP contribution in [0, 0.1) is 0 Å². The van der Waals surface area contributed by atoms with Crippen molar-refractivity contribution in [3.8, 4) is 0 Å². The number of carbonyl (C=O) groups is 3. The zero-order chi connectivity index (χ0) is 19.5. The summed E-state index contributed by atoms with van der Waals surface area (Å²) in [6, 6.07) is 16.5. The van der Waals surface area contributed by atoms with E-state index in [0.29, 0.717) is 17.1 Å². The molecule has 0 unspecified atom stereocenters. The molecule has 0 heterocycles. The Morgan fingerprint density at radius 3 is 2.26 bits per heavy atom. The van der Waals surface area contributed by atoms with Gasteiger partial charge in [-0.25, -0.2) is 0 Å². The Labute approximate surface area is 162 Å². The Morgan fingerprint density at radius 2 is 1.52 bits per heavy atom. The highest BCUT2D eigenvalue weighted by Gasteiger charge is 2.07.